The van der Waals surface area contributed by atoms with Gasteiger partial charge >= 0.3 is 0 Å². The minimum absolute atomic E-state index is 0.137. The molecule has 1 spiro atoms. The van der Waals surface area contributed by atoms with Crippen LogP contribution in [0.2, 0.25) is 0 Å². The van der Waals surface area contributed by atoms with E-state index in [0.717, 1.165) is 39.0 Å². The molecule has 0 fully saturated rings. The maximum Gasteiger partial charge on any atom is 0.137 e. The van der Waals surface area contributed by atoms with Gasteiger partial charge in [0.05, 0.1) is 5.41 Å². The highest BCUT2D eigenvalue weighted by Gasteiger charge is 2.51. The molecular formula is C58H39NO. The van der Waals surface area contributed by atoms with Gasteiger partial charge in [-0.15, -0.1) is 0 Å². The molecule has 0 saturated heterocycles. The largest absolute Gasteiger partial charge is 0.456 e. The van der Waals surface area contributed by atoms with Gasteiger partial charge in [0.25, 0.3) is 0 Å². The Kier molecular flexibility index (Phi) is 6.74. The molecule has 60 heavy (non-hydrogen) atoms. The molecule has 2 nitrogen and oxygen atoms in total. The van der Waals surface area contributed by atoms with Crippen molar-refractivity contribution < 1.29 is 4.42 Å². The van der Waals surface area contributed by atoms with E-state index in [1.165, 1.54) is 77.9 Å². The Hall–Kier alpha value is -7.42. The Balaban J connectivity index is 1.06. The minimum atomic E-state index is -0.448. The predicted octanol–water partition coefficient (Wildman–Crippen LogP) is 15.4. The van der Waals surface area contributed by atoms with E-state index in [-0.39, 0.29) is 5.41 Å². The summed E-state index contributed by atoms with van der Waals surface area (Å²) in [7, 11) is 0. The molecule has 10 aromatic rings. The predicted molar refractivity (Wildman–Crippen MR) is 248 cm³/mol. The molecule has 0 saturated carbocycles. The molecule has 0 atom stereocenters. The van der Waals surface area contributed by atoms with Gasteiger partial charge in [0.2, 0.25) is 0 Å². The quantitative estimate of drug-likeness (QED) is 0.177. The lowest BCUT2D eigenvalue weighted by atomic mass is 9.70. The molecule has 1 heterocycles. The normalized spacial score (nSPS) is 14.4. The third-order valence-electron chi connectivity index (χ3n) is 13.9. The molecule has 13 rings (SSSR count). The first-order chi connectivity index (χ1) is 29.5. The SMILES string of the molecule is CC1(C)c2ccccc2-c2cccc(-c3cccc(N(c4ccc5c(c4)C4(c6ccccc6-c6ccccc64)c4ccccc4-5)c4ccc5c(c4)oc4ccccc45)c3)c21. The molecule has 282 valence electrons. The summed E-state index contributed by atoms with van der Waals surface area (Å²) in [6.07, 6.45) is 0. The molecule has 9 aromatic carbocycles. The third kappa shape index (κ3) is 4.32. The molecular weight excluding hydrogens is 727 g/mol. The first kappa shape index (κ1) is 33.5. The molecule has 0 N–H and O–H groups in total. The van der Waals surface area contributed by atoms with Gasteiger partial charge in [-0.3, -0.25) is 0 Å². The number of fused-ring (bicyclic) bond motifs is 16. The van der Waals surface area contributed by atoms with Crippen molar-refractivity contribution in [1.82, 2.24) is 0 Å². The van der Waals surface area contributed by atoms with Gasteiger partial charge in [0.15, 0.2) is 0 Å². The lowest BCUT2D eigenvalue weighted by molar-refractivity contribution is 0.662. The number of para-hydroxylation sites is 1. The number of benzene rings is 9. The average molecular weight is 766 g/mol. The standard InChI is InChI=1S/C58H39NO/c1-57(2)49-24-8-3-20-44(49)48-23-14-22-40(56(48)57)36-15-13-16-37(33-36)59(39-30-32-47-46-21-7-12-28-54(46)60-55(47)35-39)38-29-31-45-43-19-6-11-27-52(43)58(53(45)34-38)50-25-9-4-17-41(50)42-18-5-10-26-51(42)58/h3-35H,1-2H3. The molecule has 0 unspecified atom stereocenters. The van der Waals surface area contributed by atoms with Crippen LogP contribution >= 0.6 is 0 Å². The monoisotopic (exact) mass is 765 g/mol. The lowest BCUT2D eigenvalue weighted by Gasteiger charge is -2.32. The maximum atomic E-state index is 6.56. The number of hydrogen-bond acceptors (Lipinski definition) is 2. The van der Waals surface area contributed by atoms with E-state index in [1.807, 2.05) is 6.07 Å². The van der Waals surface area contributed by atoms with Gasteiger partial charge in [0.1, 0.15) is 11.2 Å². The molecule has 0 aliphatic heterocycles. The summed E-state index contributed by atoms with van der Waals surface area (Å²) in [6, 6.07) is 74.2. The van der Waals surface area contributed by atoms with Gasteiger partial charge in [-0.1, -0.05) is 166 Å². The van der Waals surface area contributed by atoms with Crippen molar-refractivity contribution in [2.75, 3.05) is 4.90 Å². The highest BCUT2D eigenvalue weighted by molar-refractivity contribution is 6.06. The van der Waals surface area contributed by atoms with Gasteiger partial charge < -0.3 is 9.32 Å². The van der Waals surface area contributed by atoms with Crippen LogP contribution in [0.4, 0.5) is 17.1 Å². The lowest BCUT2D eigenvalue weighted by Crippen LogP contribution is -2.26. The second kappa shape index (κ2) is 12.1. The molecule has 3 aliphatic rings. The zero-order valence-electron chi connectivity index (χ0n) is 33.4. The molecule has 0 bridgehead atoms. The van der Waals surface area contributed by atoms with Crippen molar-refractivity contribution in [3.05, 3.63) is 234 Å². The zero-order chi connectivity index (χ0) is 39.7. The van der Waals surface area contributed by atoms with E-state index in [2.05, 4.69) is 213 Å². The highest BCUT2D eigenvalue weighted by Crippen LogP contribution is 2.63. The summed E-state index contributed by atoms with van der Waals surface area (Å²) in [5.74, 6) is 0. The fraction of sp³-hybridized carbons (Fsp3) is 0.0690. The summed E-state index contributed by atoms with van der Waals surface area (Å²) >= 11 is 0. The maximum absolute atomic E-state index is 6.56. The van der Waals surface area contributed by atoms with Crippen molar-refractivity contribution in [2.24, 2.45) is 0 Å². The van der Waals surface area contributed by atoms with E-state index in [4.69, 9.17) is 4.42 Å². The van der Waals surface area contributed by atoms with E-state index < -0.39 is 5.41 Å². The smallest absolute Gasteiger partial charge is 0.137 e. The van der Waals surface area contributed by atoms with Crippen LogP contribution in [0.15, 0.2) is 205 Å². The summed E-state index contributed by atoms with van der Waals surface area (Å²) in [4.78, 5) is 2.43. The van der Waals surface area contributed by atoms with Crippen LogP contribution in [0.5, 0.6) is 0 Å². The van der Waals surface area contributed by atoms with Crippen LogP contribution < -0.4 is 4.90 Å². The van der Waals surface area contributed by atoms with Gasteiger partial charge in [-0.2, -0.15) is 0 Å². The van der Waals surface area contributed by atoms with Crippen molar-refractivity contribution in [1.29, 1.82) is 0 Å². The van der Waals surface area contributed by atoms with Gasteiger partial charge in [-0.25, -0.2) is 0 Å². The Morgan fingerprint density at radius 3 is 1.57 bits per heavy atom. The zero-order valence-corrected chi connectivity index (χ0v) is 33.4. The number of nitrogens with zero attached hydrogens (tertiary/aromatic N) is 1. The second-order valence-electron chi connectivity index (χ2n) is 17.2. The topological polar surface area (TPSA) is 16.4 Å². The summed E-state index contributed by atoms with van der Waals surface area (Å²) < 4.78 is 6.56. The molecule has 1 aromatic heterocycles. The highest BCUT2D eigenvalue weighted by atomic mass is 16.3. The second-order valence-corrected chi connectivity index (χ2v) is 17.2. The number of furan rings is 1. The van der Waals surface area contributed by atoms with Crippen LogP contribution in [0.1, 0.15) is 47.2 Å². The van der Waals surface area contributed by atoms with Crippen molar-refractivity contribution in [2.45, 2.75) is 24.7 Å². The van der Waals surface area contributed by atoms with Crippen LogP contribution in [0.3, 0.4) is 0 Å². The van der Waals surface area contributed by atoms with Crippen LogP contribution in [0.25, 0.3) is 66.4 Å². The summed E-state index contributed by atoms with van der Waals surface area (Å²) in [5, 5.41) is 2.25. The number of rotatable bonds is 4. The van der Waals surface area contributed by atoms with Crippen LogP contribution in [0, 0.1) is 0 Å². The fourth-order valence-corrected chi connectivity index (χ4v) is 11.4. The van der Waals surface area contributed by atoms with E-state index in [9.17, 15) is 0 Å². The first-order valence-corrected chi connectivity index (χ1v) is 21.0. The number of hydrogen-bond donors (Lipinski definition) is 0. The Morgan fingerprint density at radius 1 is 0.350 bits per heavy atom. The average Bonchev–Trinajstić information content (AvgIpc) is 3.98. The van der Waals surface area contributed by atoms with Crippen LogP contribution in [-0.2, 0) is 10.8 Å². The minimum Gasteiger partial charge on any atom is -0.456 e. The Morgan fingerprint density at radius 2 is 0.850 bits per heavy atom. The van der Waals surface area contributed by atoms with Crippen molar-refractivity contribution in [3.63, 3.8) is 0 Å². The van der Waals surface area contributed by atoms with Gasteiger partial charge in [0, 0.05) is 39.3 Å². The van der Waals surface area contributed by atoms with E-state index in [1.54, 1.807) is 0 Å². The van der Waals surface area contributed by atoms with Crippen molar-refractivity contribution in [3.8, 4) is 44.5 Å². The molecule has 0 radical (unpaired) electrons. The number of anilines is 3. The van der Waals surface area contributed by atoms with E-state index >= 15 is 0 Å². The third-order valence-corrected chi connectivity index (χ3v) is 13.9. The fourth-order valence-electron chi connectivity index (χ4n) is 11.4. The molecule has 0 amide bonds. The van der Waals surface area contributed by atoms with Gasteiger partial charge in [-0.05, 0) is 120 Å². The Labute approximate surface area is 349 Å². The van der Waals surface area contributed by atoms with Crippen molar-refractivity contribution >= 4 is 39.0 Å². The summed E-state index contributed by atoms with van der Waals surface area (Å²) in [5.41, 5.74) is 22.8. The first-order valence-electron chi connectivity index (χ1n) is 21.0. The molecule has 2 heteroatoms. The van der Waals surface area contributed by atoms with E-state index in [0.29, 0.717) is 0 Å². The van der Waals surface area contributed by atoms with Crippen LogP contribution in [-0.4, -0.2) is 0 Å². The summed E-state index contributed by atoms with van der Waals surface area (Å²) in [6.45, 7) is 4.75. The molecule has 3 aliphatic carbocycles. The Bertz CT molecular complexity index is 3370.